The van der Waals surface area contributed by atoms with Crippen molar-refractivity contribution in [2.75, 3.05) is 39.3 Å². The minimum absolute atomic E-state index is 0.0228. The van der Waals surface area contributed by atoms with Gasteiger partial charge >= 0.3 is 11.5 Å². The first-order valence-corrected chi connectivity index (χ1v) is 15.1. The Morgan fingerprint density at radius 3 is 2.38 bits per heavy atom. The molecule has 2 aromatic rings. The van der Waals surface area contributed by atoms with E-state index in [4.69, 9.17) is 0 Å². The van der Waals surface area contributed by atoms with Crippen molar-refractivity contribution < 1.29 is 31.5 Å². The van der Waals surface area contributed by atoms with Crippen LogP contribution in [0.2, 0.25) is 0 Å². The van der Waals surface area contributed by atoms with Crippen molar-refractivity contribution in [3.05, 3.63) is 41.5 Å². The third-order valence-electron chi connectivity index (χ3n) is 9.47. The number of hydrogen-bond acceptors (Lipinski definition) is 7. The molecule has 216 valence electrons. The van der Waals surface area contributed by atoms with Gasteiger partial charge < -0.3 is 14.9 Å². The molecular formula is C26H31F3N6O4S. The van der Waals surface area contributed by atoms with Crippen molar-refractivity contribution >= 4 is 15.9 Å². The second-order valence-corrected chi connectivity index (χ2v) is 14.7. The molecule has 2 aliphatic carbocycles. The van der Waals surface area contributed by atoms with Gasteiger partial charge in [0, 0.05) is 56.0 Å². The average molecular weight is 581 g/mol. The van der Waals surface area contributed by atoms with Gasteiger partial charge in [-0.2, -0.15) is 18.3 Å². The minimum atomic E-state index is -5.38. The van der Waals surface area contributed by atoms with Crippen molar-refractivity contribution in [3.8, 4) is 0 Å². The van der Waals surface area contributed by atoms with Gasteiger partial charge in [0.15, 0.2) is 5.82 Å². The molecule has 14 heteroatoms. The van der Waals surface area contributed by atoms with Gasteiger partial charge in [-0.3, -0.25) is 10.00 Å². The van der Waals surface area contributed by atoms with Gasteiger partial charge in [0.2, 0.25) is 0 Å². The van der Waals surface area contributed by atoms with Crippen molar-refractivity contribution in [2.24, 2.45) is 10.8 Å². The number of urea groups is 1. The largest absolute Gasteiger partial charge is 0.501 e. The number of sulfone groups is 1. The lowest BCUT2D eigenvalue weighted by molar-refractivity contribution is -0.0698. The molecule has 5 fully saturated rings. The maximum absolute atomic E-state index is 13.1. The van der Waals surface area contributed by atoms with E-state index in [2.05, 4.69) is 20.1 Å². The Kier molecular flexibility index (Phi) is 5.51. The quantitative estimate of drug-likeness (QED) is 0.558. The van der Waals surface area contributed by atoms with Crippen LogP contribution in [0.5, 0.6) is 0 Å². The minimum Gasteiger partial charge on any atom is -0.382 e. The van der Waals surface area contributed by atoms with Crippen LogP contribution in [0.3, 0.4) is 0 Å². The molecule has 0 radical (unpaired) electrons. The van der Waals surface area contributed by atoms with Crippen LogP contribution in [0.4, 0.5) is 18.0 Å². The zero-order valence-corrected chi connectivity index (χ0v) is 22.6. The van der Waals surface area contributed by atoms with E-state index in [1.165, 1.54) is 6.07 Å². The Morgan fingerprint density at radius 1 is 1.05 bits per heavy atom. The normalized spacial score (nSPS) is 25.1. The Morgan fingerprint density at radius 2 is 1.73 bits per heavy atom. The smallest absolute Gasteiger partial charge is 0.382 e. The molecule has 3 aliphatic heterocycles. The maximum atomic E-state index is 13.1. The van der Waals surface area contributed by atoms with E-state index in [1.54, 1.807) is 6.07 Å². The summed E-state index contributed by atoms with van der Waals surface area (Å²) in [6.07, 6.45) is 4.20. The number of benzene rings is 1. The Hall–Kier alpha value is -2.71. The van der Waals surface area contributed by atoms with E-state index >= 15 is 0 Å². The Balaban J connectivity index is 0.878. The van der Waals surface area contributed by atoms with E-state index < -0.39 is 25.8 Å². The van der Waals surface area contributed by atoms with E-state index in [1.807, 2.05) is 9.80 Å². The number of aliphatic hydroxyl groups is 1. The molecular weight excluding hydrogens is 549 g/mol. The van der Waals surface area contributed by atoms with Gasteiger partial charge in [-0.25, -0.2) is 18.2 Å². The summed E-state index contributed by atoms with van der Waals surface area (Å²) in [5.41, 5.74) is -5.53. The molecule has 40 heavy (non-hydrogen) atoms. The number of hydrogen-bond donors (Lipinski definition) is 2. The number of likely N-dealkylation sites (tertiary alicyclic amines) is 3. The molecule has 2 spiro atoms. The van der Waals surface area contributed by atoms with Crippen LogP contribution in [-0.4, -0.2) is 94.2 Å². The molecule has 2 amide bonds. The molecule has 3 saturated heterocycles. The fourth-order valence-corrected chi connectivity index (χ4v) is 7.90. The number of H-pyrrole nitrogens is 1. The monoisotopic (exact) mass is 580 g/mol. The highest BCUT2D eigenvalue weighted by Gasteiger charge is 2.58. The molecule has 5 aliphatic rings. The summed E-state index contributed by atoms with van der Waals surface area (Å²) in [5.74, 6) is 1.61. The van der Waals surface area contributed by atoms with E-state index in [9.17, 15) is 31.5 Å². The number of halogens is 3. The molecule has 7 rings (SSSR count). The summed E-state index contributed by atoms with van der Waals surface area (Å²) in [5, 5.41) is 17.4. The summed E-state index contributed by atoms with van der Waals surface area (Å²) < 4.78 is 62.4. The van der Waals surface area contributed by atoms with Crippen molar-refractivity contribution in [3.63, 3.8) is 0 Å². The third-order valence-corrected chi connectivity index (χ3v) is 11.0. The van der Waals surface area contributed by atoms with Crippen LogP contribution in [0.25, 0.3) is 0 Å². The van der Waals surface area contributed by atoms with Gasteiger partial charge in [0.25, 0.3) is 9.84 Å². The van der Waals surface area contributed by atoms with Crippen molar-refractivity contribution in [1.82, 2.24) is 29.9 Å². The lowest BCUT2D eigenvalue weighted by Gasteiger charge is -2.60. The van der Waals surface area contributed by atoms with Crippen molar-refractivity contribution in [2.45, 2.75) is 60.6 Å². The fourth-order valence-electron chi connectivity index (χ4n) is 7.07. The molecule has 0 atom stereocenters. The number of alkyl halides is 3. The van der Waals surface area contributed by atoms with Crippen LogP contribution in [0.15, 0.2) is 29.2 Å². The summed E-state index contributed by atoms with van der Waals surface area (Å²) in [4.78, 5) is 22.7. The number of amides is 2. The topological polar surface area (TPSA) is 123 Å². The lowest BCUT2D eigenvalue weighted by Crippen LogP contribution is -2.69. The first-order valence-electron chi connectivity index (χ1n) is 13.6. The maximum Gasteiger partial charge on any atom is 0.501 e. The average Bonchev–Trinajstić information content (AvgIpc) is 3.21. The van der Waals surface area contributed by atoms with Crippen LogP contribution in [-0.2, 0) is 22.0 Å². The predicted molar refractivity (Wildman–Crippen MR) is 134 cm³/mol. The highest BCUT2D eigenvalue weighted by atomic mass is 32.2. The molecule has 2 saturated carbocycles. The number of nitrogens with one attached hydrogen (secondary N) is 1. The fraction of sp³-hybridized carbons (Fsp3) is 0.654. The zero-order valence-electron chi connectivity index (χ0n) is 21.8. The summed E-state index contributed by atoms with van der Waals surface area (Å²) in [7, 11) is -5.38. The first kappa shape index (κ1) is 26.2. The van der Waals surface area contributed by atoms with E-state index in [0.29, 0.717) is 50.4 Å². The number of carbonyl (C=O) groups excluding carboxylic acids is 1. The van der Waals surface area contributed by atoms with E-state index in [-0.39, 0.29) is 22.8 Å². The molecule has 1 aromatic carbocycles. The summed E-state index contributed by atoms with van der Waals surface area (Å²) >= 11 is 0. The molecule has 0 bridgehead atoms. The molecule has 10 nitrogen and oxygen atoms in total. The van der Waals surface area contributed by atoms with Gasteiger partial charge in [0.1, 0.15) is 11.4 Å². The predicted octanol–water partition coefficient (Wildman–Crippen LogP) is 2.59. The van der Waals surface area contributed by atoms with Gasteiger partial charge in [0.05, 0.1) is 4.90 Å². The SMILES string of the molecule is O=C(N1CC2(CC(c3nc(C4(O)CC4)n[nH]3)C2)C1)N1CC2(CCN(Cc3cccc(S(=O)(=O)C(F)(F)F)c3)C2)C1. The molecule has 0 unspecified atom stereocenters. The third kappa shape index (κ3) is 4.21. The zero-order chi connectivity index (χ0) is 28.1. The van der Waals surface area contributed by atoms with E-state index in [0.717, 1.165) is 56.9 Å². The number of aromatic nitrogens is 3. The number of rotatable bonds is 5. The lowest BCUT2D eigenvalue weighted by atomic mass is 9.57. The molecule has 2 N–H and O–H groups in total. The van der Waals surface area contributed by atoms with Gasteiger partial charge in [-0.15, -0.1) is 0 Å². The van der Waals surface area contributed by atoms with Crippen LogP contribution >= 0.6 is 0 Å². The Bertz CT molecular complexity index is 1450. The Labute approximate surface area is 229 Å². The number of nitrogens with zero attached hydrogens (tertiary/aromatic N) is 5. The van der Waals surface area contributed by atoms with Crippen LogP contribution in [0, 0.1) is 10.8 Å². The highest BCUT2D eigenvalue weighted by molar-refractivity contribution is 7.92. The molecule has 4 heterocycles. The number of aromatic amines is 1. The first-order chi connectivity index (χ1) is 18.8. The van der Waals surface area contributed by atoms with Gasteiger partial charge in [-0.05, 0) is 56.3 Å². The van der Waals surface area contributed by atoms with Crippen LogP contribution < -0.4 is 0 Å². The summed E-state index contributed by atoms with van der Waals surface area (Å²) in [6, 6.07) is 5.11. The van der Waals surface area contributed by atoms with Gasteiger partial charge in [-0.1, -0.05) is 12.1 Å². The molecule has 1 aromatic heterocycles. The van der Waals surface area contributed by atoms with Crippen LogP contribution in [0.1, 0.15) is 55.2 Å². The highest BCUT2D eigenvalue weighted by Crippen LogP contribution is 2.56. The second-order valence-electron chi connectivity index (χ2n) is 12.7. The second kappa shape index (κ2) is 8.41. The summed E-state index contributed by atoms with van der Waals surface area (Å²) in [6.45, 7) is 4.60. The van der Waals surface area contributed by atoms with Crippen molar-refractivity contribution in [1.29, 1.82) is 0 Å². The number of carbonyl (C=O) groups is 1. The standard InChI is InChI=1S/C26H31F3N6O4S/c27-26(28,29)40(38,39)19-3-1-2-17(8-19)11-33-7-6-23(12-33)13-34(14-23)22(36)35-15-24(16-35)9-18(10-24)20-30-21(32-31-20)25(37)4-5-25/h1-3,8,18,37H,4-7,9-16H2,(H,30,31,32).